The van der Waals surface area contributed by atoms with Crippen molar-refractivity contribution >= 4 is 5.96 Å². The SMILES string of the molecule is Cc1nn(C)c(C)c1CCN=C(N)N(C)C1CC1. The van der Waals surface area contributed by atoms with Crippen LogP contribution in [0.3, 0.4) is 0 Å². The van der Waals surface area contributed by atoms with Crippen LogP contribution in [0.4, 0.5) is 0 Å². The first kappa shape index (κ1) is 12.9. The number of nitrogens with zero attached hydrogens (tertiary/aromatic N) is 4. The van der Waals surface area contributed by atoms with E-state index in [0.717, 1.165) is 18.7 Å². The van der Waals surface area contributed by atoms with E-state index in [-0.39, 0.29) is 0 Å². The Bertz CT molecular complexity index is 456. The first-order valence-electron chi connectivity index (χ1n) is 6.52. The van der Waals surface area contributed by atoms with Gasteiger partial charge in [0.1, 0.15) is 0 Å². The third-order valence-corrected chi connectivity index (χ3v) is 3.75. The molecule has 1 aromatic heterocycles. The second-order valence-corrected chi connectivity index (χ2v) is 5.10. The topological polar surface area (TPSA) is 59.4 Å². The average molecular weight is 249 g/mol. The van der Waals surface area contributed by atoms with E-state index in [1.807, 2.05) is 25.7 Å². The van der Waals surface area contributed by atoms with Gasteiger partial charge in [0, 0.05) is 32.4 Å². The normalized spacial score (nSPS) is 16.1. The highest BCUT2D eigenvalue weighted by Crippen LogP contribution is 2.24. The molecule has 0 atom stereocenters. The summed E-state index contributed by atoms with van der Waals surface area (Å²) < 4.78 is 1.92. The molecule has 1 heterocycles. The number of nitrogens with two attached hydrogens (primary N) is 1. The Balaban J connectivity index is 1.93. The van der Waals surface area contributed by atoms with Crippen LogP contribution < -0.4 is 5.73 Å². The summed E-state index contributed by atoms with van der Waals surface area (Å²) in [6, 6.07) is 0.621. The van der Waals surface area contributed by atoms with E-state index in [0.29, 0.717) is 12.0 Å². The highest BCUT2D eigenvalue weighted by molar-refractivity contribution is 5.78. The van der Waals surface area contributed by atoms with Gasteiger partial charge in [0.25, 0.3) is 0 Å². The maximum absolute atomic E-state index is 5.96. The molecule has 0 aromatic carbocycles. The van der Waals surface area contributed by atoms with Crippen LogP contribution in [0.1, 0.15) is 29.8 Å². The van der Waals surface area contributed by atoms with Gasteiger partial charge in [0.05, 0.1) is 5.69 Å². The van der Waals surface area contributed by atoms with E-state index < -0.39 is 0 Å². The Kier molecular flexibility index (Phi) is 3.59. The van der Waals surface area contributed by atoms with E-state index in [2.05, 4.69) is 21.9 Å². The van der Waals surface area contributed by atoms with Crippen LogP contribution in [0.25, 0.3) is 0 Å². The summed E-state index contributed by atoms with van der Waals surface area (Å²) in [4.78, 5) is 6.54. The van der Waals surface area contributed by atoms with Crippen molar-refractivity contribution in [2.24, 2.45) is 17.8 Å². The van der Waals surface area contributed by atoms with Crippen LogP contribution in [0.15, 0.2) is 4.99 Å². The quantitative estimate of drug-likeness (QED) is 0.639. The number of aliphatic imine (C=N–C) groups is 1. The molecule has 5 nitrogen and oxygen atoms in total. The third kappa shape index (κ3) is 2.66. The zero-order valence-electron chi connectivity index (χ0n) is 11.8. The Morgan fingerprint density at radius 2 is 2.17 bits per heavy atom. The van der Waals surface area contributed by atoms with Crippen molar-refractivity contribution in [1.29, 1.82) is 0 Å². The van der Waals surface area contributed by atoms with Gasteiger partial charge in [-0.25, -0.2) is 0 Å². The number of hydrogen-bond acceptors (Lipinski definition) is 2. The molecule has 0 spiro atoms. The van der Waals surface area contributed by atoms with Gasteiger partial charge in [-0.15, -0.1) is 0 Å². The van der Waals surface area contributed by atoms with Crippen LogP contribution in [0.2, 0.25) is 0 Å². The Labute approximate surface area is 109 Å². The van der Waals surface area contributed by atoms with E-state index in [1.165, 1.54) is 24.1 Å². The van der Waals surface area contributed by atoms with E-state index in [1.54, 1.807) is 0 Å². The molecule has 1 aliphatic carbocycles. The number of guanidine groups is 1. The van der Waals surface area contributed by atoms with Crippen molar-refractivity contribution in [3.63, 3.8) is 0 Å². The molecule has 5 heteroatoms. The van der Waals surface area contributed by atoms with Gasteiger partial charge >= 0.3 is 0 Å². The maximum Gasteiger partial charge on any atom is 0.191 e. The molecular formula is C13H23N5. The molecule has 1 fully saturated rings. The molecule has 0 radical (unpaired) electrons. The fraction of sp³-hybridized carbons (Fsp3) is 0.692. The van der Waals surface area contributed by atoms with E-state index in [9.17, 15) is 0 Å². The van der Waals surface area contributed by atoms with Crippen molar-refractivity contribution in [3.8, 4) is 0 Å². The molecule has 1 saturated carbocycles. The third-order valence-electron chi connectivity index (χ3n) is 3.75. The summed E-state index contributed by atoms with van der Waals surface area (Å²) in [6.07, 6.45) is 3.39. The van der Waals surface area contributed by atoms with E-state index in [4.69, 9.17) is 5.73 Å². The predicted octanol–water partition coefficient (Wildman–Crippen LogP) is 0.988. The Hall–Kier alpha value is -1.52. The molecule has 2 rings (SSSR count). The largest absolute Gasteiger partial charge is 0.370 e. The number of hydrogen-bond donors (Lipinski definition) is 1. The zero-order chi connectivity index (χ0) is 13.3. The molecule has 0 saturated heterocycles. The summed E-state index contributed by atoms with van der Waals surface area (Å²) in [6.45, 7) is 4.88. The highest BCUT2D eigenvalue weighted by Gasteiger charge is 2.27. The molecule has 100 valence electrons. The first-order chi connectivity index (χ1) is 8.50. The van der Waals surface area contributed by atoms with Crippen LogP contribution in [-0.2, 0) is 13.5 Å². The second kappa shape index (κ2) is 5.00. The van der Waals surface area contributed by atoms with Crippen molar-refractivity contribution in [1.82, 2.24) is 14.7 Å². The summed E-state index contributed by atoms with van der Waals surface area (Å²) in [5.41, 5.74) is 9.57. The molecule has 0 unspecified atom stereocenters. The molecule has 1 aliphatic rings. The average Bonchev–Trinajstić information content (AvgIpc) is 3.12. The molecule has 0 amide bonds. The summed E-state index contributed by atoms with van der Waals surface area (Å²) in [7, 11) is 4.00. The van der Waals surface area contributed by atoms with Crippen molar-refractivity contribution in [3.05, 3.63) is 17.0 Å². The van der Waals surface area contributed by atoms with Gasteiger partial charge in [-0.1, -0.05) is 0 Å². The lowest BCUT2D eigenvalue weighted by Gasteiger charge is -2.16. The van der Waals surface area contributed by atoms with Gasteiger partial charge in [-0.2, -0.15) is 5.10 Å². The number of rotatable bonds is 4. The Morgan fingerprint density at radius 1 is 1.50 bits per heavy atom. The zero-order valence-corrected chi connectivity index (χ0v) is 11.8. The minimum Gasteiger partial charge on any atom is -0.370 e. The predicted molar refractivity (Wildman–Crippen MR) is 73.7 cm³/mol. The summed E-state index contributed by atoms with van der Waals surface area (Å²) in [5, 5.41) is 4.41. The fourth-order valence-electron chi connectivity index (χ4n) is 2.22. The first-order valence-corrected chi connectivity index (χ1v) is 6.52. The smallest absolute Gasteiger partial charge is 0.191 e. The van der Waals surface area contributed by atoms with Crippen molar-refractivity contribution in [2.45, 2.75) is 39.2 Å². The van der Waals surface area contributed by atoms with Gasteiger partial charge in [0.15, 0.2) is 5.96 Å². The number of aromatic nitrogens is 2. The maximum atomic E-state index is 5.96. The van der Waals surface area contributed by atoms with Crippen molar-refractivity contribution in [2.75, 3.05) is 13.6 Å². The minimum atomic E-state index is 0.621. The van der Waals surface area contributed by atoms with Crippen LogP contribution in [-0.4, -0.2) is 40.3 Å². The summed E-state index contributed by atoms with van der Waals surface area (Å²) in [5.74, 6) is 0.664. The van der Waals surface area contributed by atoms with Gasteiger partial charge in [-0.05, 0) is 38.7 Å². The van der Waals surface area contributed by atoms with Crippen LogP contribution in [0.5, 0.6) is 0 Å². The molecule has 0 bridgehead atoms. The van der Waals surface area contributed by atoms with Gasteiger partial charge < -0.3 is 10.6 Å². The Morgan fingerprint density at radius 3 is 2.67 bits per heavy atom. The molecular weight excluding hydrogens is 226 g/mol. The molecule has 2 N–H and O–H groups in total. The van der Waals surface area contributed by atoms with Crippen molar-refractivity contribution < 1.29 is 0 Å². The number of aryl methyl sites for hydroxylation is 2. The lowest BCUT2D eigenvalue weighted by molar-refractivity contribution is 0.487. The highest BCUT2D eigenvalue weighted by atomic mass is 15.3. The lowest BCUT2D eigenvalue weighted by atomic mass is 10.1. The molecule has 18 heavy (non-hydrogen) atoms. The van der Waals surface area contributed by atoms with Crippen LogP contribution >= 0.6 is 0 Å². The van der Waals surface area contributed by atoms with Crippen LogP contribution in [0, 0.1) is 13.8 Å². The van der Waals surface area contributed by atoms with Gasteiger partial charge in [0.2, 0.25) is 0 Å². The van der Waals surface area contributed by atoms with Gasteiger partial charge in [-0.3, -0.25) is 9.67 Å². The fourth-order valence-corrected chi connectivity index (χ4v) is 2.22. The molecule has 1 aromatic rings. The minimum absolute atomic E-state index is 0.621. The standard InChI is InChI=1S/C13H23N5/c1-9-12(10(2)18(4)16-9)7-8-15-13(14)17(3)11-5-6-11/h11H,5-8H2,1-4H3,(H2,14,15). The second-order valence-electron chi connectivity index (χ2n) is 5.10. The molecule has 0 aliphatic heterocycles. The summed E-state index contributed by atoms with van der Waals surface area (Å²) >= 11 is 0. The lowest BCUT2D eigenvalue weighted by Crippen LogP contribution is -2.35. The monoisotopic (exact) mass is 249 g/mol. The van der Waals surface area contributed by atoms with E-state index >= 15 is 0 Å².